The van der Waals surface area contributed by atoms with Crippen LogP contribution in [0.5, 0.6) is 5.75 Å². The van der Waals surface area contributed by atoms with Crippen LogP contribution >= 0.6 is 11.6 Å². The van der Waals surface area contributed by atoms with Crippen molar-refractivity contribution in [1.29, 1.82) is 0 Å². The van der Waals surface area contributed by atoms with Crippen molar-refractivity contribution in [2.45, 2.75) is 38.6 Å². The Morgan fingerprint density at radius 2 is 1.73 bits per heavy atom. The molecule has 3 heterocycles. The second-order valence-corrected chi connectivity index (χ2v) is 11.4. The minimum atomic E-state index is -1.00. The highest BCUT2D eigenvalue weighted by molar-refractivity contribution is 6.30. The quantitative estimate of drug-likeness (QED) is 0.314. The Kier molecular flexibility index (Phi) is 12.6. The first-order valence-electron chi connectivity index (χ1n) is 14.9. The van der Waals surface area contributed by atoms with E-state index in [0.717, 1.165) is 24.1 Å². The van der Waals surface area contributed by atoms with Gasteiger partial charge < -0.3 is 35.2 Å². The third kappa shape index (κ3) is 10.1. The highest BCUT2D eigenvalue weighted by Crippen LogP contribution is 2.30. The normalized spacial score (nSPS) is 19.0. The van der Waals surface area contributed by atoms with Crippen molar-refractivity contribution in [3.05, 3.63) is 77.0 Å². The summed E-state index contributed by atoms with van der Waals surface area (Å²) in [4.78, 5) is 39.0. The zero-order valence-electron chi connectivity index (χ0n) is 25.1. The second-order valence-electron chi connectivity index (χ2n) is 10.9. The Morgan fingerprint density at radius 1 is 0.955 bits per heavy atom. The summed E-state index contributed by atoms with van der Waals surface area (Å²) in [6, 6.07) is 18.3. The first kappa shape index (κ1) is 33.0. The van der Waals surface area contributed by atoms with Gasteiger partial charge in [-0.1, -0.05) is 23.7 Å². The highest BCUT2D eigenvalue weighted by atomic mass is 35.5. The number of halogens is 1. The van der Waals surface area contributed by atoms with Gasteiger partial charge in [0.25, 0.3) is 5.91 Å². The van der Waals surface area contributed by atoms with Crippen molar-refractivity contribution in [2.75, 3.05) is 46.5 Å². The monoisotopic (exact) mass is 624 g/mol. The van der Waals surface area contributed by atoms with Crippen LogP contribution in [0, 0.1) is 5.41 Å². The van der Waals surface area contributed by atoms with Gasteiger partial charge in [0.15, 0.2) is 6.61 Å². The number of methoxy groups -OCH3 is 1. The van der Waals surface area contributed by atoms with Gasteiger partial charge in [-0.25, -0.2) is 0 Å². The Balaban J connectivity index is 1.52. The van der Waals surface area contributed by atoms with Crippen LogP contribution < -0.4 is 26.0 Å². The molecule has 1 unspecified atom stereocenters. The molecule has 2 aromatic carbocycles. The number of carbonyl (C=O) groups excluding carboxylic acids is 3. The molecule has 0 fully saturated rings. The number of ether oxygens (including phenoxy) is 2. The number of benzene rings is 2. The maximum atomic E-state index is 14.0. The summed E-state index contributed by atoms with van der Waals surface area (Å²) in [6.07, 6.45) is 2.48. The predicted octanol–water partition coefficient (Wildman–Crippen LogP) is 3.87. The molecular formula is C33H41ClN4O6. The summed E-state index contributed by atoms with van der Waals surface area (Å²) in [5.41, 5.74) is 0.756. The van der Waals surface area contributed by atoms with Crippen LogP contribution in [0.15, 0.2) is 65.1 Å². The number of furan rings is 1. The largest absolute Gasteiger partial charge is 0.484 e. The Hall–Kier alpha value is -3.86. The van der Waals surface area contributed by atoms with Crippen LogP contribution in [0.4, 0.5) is 0 Å². The molecule has 10 nitrogen and oxygen atoms in total. The maximum absolute atomic E-state index is 14.0. The third-order valence-corrected chi connectivity index (χ3v) is 7.80. The van der Waals surface area contributed by atoms with E-state index >= 15 is 0 Å². The number of carbonyl (C=O) groups is 3. The Morgan fingerprint density at radius 3 is 2.50 bits per heavy atom. The molecule has 4 N–H and O–H groups in total. The van der Waals surface area contributed by atoms with Crippen LogP contribution in [-0.4, -0.2) is 64.2 Å². The summed E-state index contributed by atoms with van der Waals surface area (Å²) in [7, 11) is 1.59. The number of hydrogen-bond donors (Lipinski definition) is 4. The van der Waals surface area contributed by atoms with E-state index in [-0.39, 0.29) is 37.4 Å². The molecule has 2 aliphatic heterocycles. The summed E-state index contributed by atoms with van der Waals surface area (Å²) in [5, 5.41) is 12.8. The maximum Gasteiger partial charge on any atom is 0.257 e. The number of nitrogens with one attached hydrogen (secondary N) is 4. The van der Waals surface area contributed by atoms with E-state index in [2.05, 4.69) is 21.3 Å². The average molecular weight is 625 g/mol. The molecule has 236 valence electrons. The molecule has 44 heavy (non-hydrogen) atoms. The molecular weight excluding hydrogens is 584 g/mol. The number of amides is 3. The minimum absolute atomic E-state index is 0.0779. The molecule has 0 saturated heterocycles. The molecule has 3 amide bonds. The summed E-state index contributed by atoms with van der Waals surface area (Å²) in [6.45, 7) is 2.50. The summed E-state index contributed by atoms with van der Waals surface area (Å²) < 4.78 is 17.1. The molecule has 0 radical (unpaired) electrons. The van der Waals surface area contributed by atoms with Crippen molar-refractivity contribution >= 4 is 29.3 Å². The molecule has 2 aliphatic rings. The zero-order chi connectivity index (χ0) is 31.2. The van der Waals surface area contributed by atoms with Crippen LogP contribution in [0.2, 0.25) is 5.02 Å². The van der Waals surface area contributed by atoms with Gasteiger partial charge in [-0.05, 0) is 92.9 Å². The third-order valence-electron chi connectivity index (χ3n) is 7.55. The van der Waals surface area contributed by atoms with Crippen LogP contribution in [0.1, 0.15) is 37.0 Å². The average Bonchev–Trinajstić information content (AvgIpc) is 3.51. The SMILES string of the molecule is COCCC1(C(=O)NCc2ccc(-c3ccc(Cl)cc3)o2)CNC(=O)CCCNCCCNC(=O)COc2ccc(cc2)C1. The van der Waals surface area contributed by atoms with Crippen LogP contribution in [0.3, 0.4) is 0 Å². The van der Waals surface area contributed by atoms with Crippen LogP contribution in [0.25, 0.3) is 11.3 Å². The molecule has 1 aromatic heterocycles. The molecule has 5 rings (SSSR count). The lowest BCUT2D eigenvalue weighted by atomic mass is 9.77. The van der Waals surface area contributed by atoms with Gasteiger partial charge in [0.1, 0.15) is 17.3 Å². The van der Waals surface area contributed by atoms with Crippen molar-refractivity contribution in [1.82, 2.24) is 21.3 Å². The van der Waals surface area contributed by atoms with E-state index < -0.39 is 5.41 Å². The van der Waals surface area contributed by atoms with Crippen molar-refractivity contribution < 1.29 is 28.3 Å². The predicted molar refractivity (Wildman–Crippen MR) is 168 cm³/mol. The fraction of sp³-hybridized carbons (Fsp3) is 0.424. The lowest BCUT2D eigenvalue weighted by Crippen LogP contribution is -2.50. The number of fused-ring (bicyclic) bond motifs is 17. The lowest BCUT2D eigenvalue weighted by Gasteiger charge is -2.33. The van der Waals surface area contributed by atoms with Gasteiger partial charge in [0, 0.05) is 43.8 Å². The number of hydrogen-bond acceptors (Lipinski definition) is 7. The molecule has 11 heteroatoms. The van der Waals surface area contributed by atoms with Crippen LogP contribution in [-0.2, 0) is 32.1 Å². The van der Waals surface area contributed by atoms with E-state index in [4.69, 9.17) is 25.5 Å². The minimum Gasteiger partial charge on any atom is -0.484 e. The highest BCUT2D eigenvalue weighted by Gasteiger charge is 2.39. The summed E-state index contributed by atoms with van der Waals surface area (Å²) >= 11 is 6.01. The standard InChI is InChI=1S/C33H41ClN4O6/c1-42-19-15-33(32(41)37-21-28-13-14-29(44-28)25-7-9-26(34)10-8-25)20-24-5-11-27(12-6-24)43-22-31(40)36-18-3-17-35-16-2-4-30(39)38-23-33/h5-14,35H,2-4,15-23H2,1H3,(H,36,40)(H,37,41)(H,38,39). The topological polar surface area (TPSA) is 131 Å². The molecule has 2 bridgehead atoms. The van der Waals surface area contributed by atoms with E-state index in [1.165, 1.54) is 0 Å². The fourth-order valence-corrected chi connectivity index (χ4v) is 5.12. The van der Waals surface area contributed by atoms with E-state index in [1.54, 1.807) is 31.4 Å². The van der Waals surface area contributed by atoms with Gasteiger partial charge in [-0.2, -0.15) is 0 Å². The van der Waals surface area contributed by atoms with Gasteiger partial charge in [0.2, 0.25) is 11.8 Å². The summed E-state index contributed by atoms with van der Waals surface area (Å²) in [5.74, 6) is 1.29. The van der Waals surface area contributed by atoms with Gasteiger partial charge in [0.05, 0.1) is 12.0 Å². The van der Waals surface area contributed by atoms with Crippen molar-refractivity contribution in [2.24, 2.45) is 5.41 Å². The van der Waals surface area contributed by atoms with Crippen molar-refractivity contribution in [3.63, 3.8) is 0 Å². The van der Waals surface area contributed by atoms with Crippen molar-refractivity contribution in [3.8, 4) is 17.1 Å². The lowest BCUT2D eigenvalue weighted by molar-refractivity contribution is -0.133. The van der Waals surface area contributed by atoms with Gasteiger partial charge in [-0.3, -0.25) is 14.4 Å². The van der Waals surface area contributed by atoms with Gasteiger partial charge in [-0.15, -0.1) is 0 Å². The zero-order valence-corrected chi connectivity index (χ0v) is 25.8. The molecule has 0 saturated carbocycles. The van der Waals surface area contributed by atoms with Gasteiger partial charge >= 0.3 is 0 Å². The smallest absolute Gasteiger partial charge is 0.257 e. The molecule has 3 aromatic rings. The first-order chi connectivity index (χ1) is 21.4. The molecule has 1 atom stereocenters. The number of rotatable bonds is 7. The van der Waals surface area contributed by atoms with E-state index in [1.807, 2.05) is 36.4 Å². The molecule has 0 aliphatic carbocycles. The van der Waals surface area contributed by atoms with E-state index in [0.29, 0.717) is 67.7 Å². The fourth-order valence-electron chi connectivity index (χ4n) is 5.00. The first-order valence-corrected chi connectivity index (χ1v) is 15.3. The molecule has 0 spiro atoms. The second kappa shape index (κ2) is 16.8. The van der Waals surface area contributed by atoms with E-state index in [9.17, 15) is 14.4 Å². The Bertz CT molecular complexity index is 1360. The Labute approximate surface area is 263 Å².